The molecule has 0 atom stereocenters. The van der Waals surface area contributed by atoms with Gasteiger partial charge in [0.1, 0.15) is 5.82 Å². The molecule has 0 aliphatic rings. The van der Waals surface area contributed by atoms with Crippen LogP contribution in [0.1, 0.15) is 22.8 Å². The van der Waals surface area contributed by atoms with Crippen LogP contribution in [0.5, 0.6) is 0 Å². The second kappa shape index (κ2) is 8.32. The van der Waals surface area contributed by atoms with Gasteiger partial charge in [-0.15, -0.1) is 0 Å². The molecule has 0 radical (unpaired) electrons. The maximum atomic E-state index is 12.9. The highest BCUT2D eigenvalue weighted by Gasteiger charge is 2.33. The molecule has 1 aromatic carbocycles. The fourth-order valence-corrected chi connectivity index (χ4v) is 2.18. The Morgan fingerprint density at radius 2 is 1.88 bits per heavy atom. The molecule has 0 saturated heterocycles. The number of hydrogen-bond donors (Lipinski definition) is 3. The molecule has 2 rings (SSSR count). The van der Waals surface area contributed by atoms with Crippen LogP contribution in [-0.2, 0) is 11.0 Å². The van der Waals surface area contributed by atoms with Crippen LogP contribution in [-0.4, -0.2) is 29.9 Å². The minimum absolute atomic E-state index is 0.0667. The lowest BCUT2D eigenvalue weighted by Gasteiger charge is -2.13. The summed E-state index contributed by atoms with van der Waals surface area (Å²) in [4.78, 5) is 26.8. The number of carbonyl (C=O) groups excluding carboxylic acids is 2. The minimum atomic E-state index is -4.51. The number of halogens is 3. The summed E-state index contributed by atoms with van der Waals surface area (Å²) in [6.07, 6.45) is -3.26. The van der Waals surface area contributed by atoms with E-state index in [9.17, 15) is 22.8 Å². The molecule has 6 nitrogen and oxygen atoms in total. The molecule has 9 heteroatoms. The Bertz CT molecular complexity index is 794. The first kappa shape index (κ1) is 19.2. The van der Waals surface area contributed by atoms with Gasteiger partial charge in [0.25, 0.3) is 5.91 Å². The fraction of sp³-hybridized carbons (Fsp3) is 0.235. The van der Waals surface area contributed by atoms with Crippen molar-refractivity contribution in [3.05, 3.63) is 53.7 Å². The number of rotatable bonds is 6. The van der Waals surface area contributed by atoms with Crippen molar-refractivity contribution in [2.24, 2.45) is 0 Å². The van der Waals surface area contributed by atoms with E-state index in [1.165, 1.54) is 25.3 Å². The Morgan fingerprint density at radius 3 is 2.58 bits per heavy atom. The monoisotopic (exact) mass is 366 g/mol. The fourth-order valence-electron chi connectivity index (χ4n) is 2.18. The average molecular weight is 366 g/mol. The van der Waals surface area contributed by atoms with Crippen LogP contribution in [0.15, 0.2) is 42.6 Å². The zero-order valence-corrected chi connectivity index (χ0v) is 13.9. The molecular weight excluding hydrogens is 349 g/mol. The van der Waals surface area contributed by atoms with Gasteiger partial charge in [-0.2, -0.15) is 13.2 Å². The van der Waals surface area contributed by atoms with Gasteiger partial charge in [0.15, 0.2) is 0 Å². The number of pyridine rings is 1. The number of aromatic nitrogens is 1. The second-order valence-electron chi connectivity index (χ2n) is 5.34. The van der Waals surface area contributed by atoms with Gasteiger partial charge in [-0.25, -0.2) is 4.98 Å². The highest BCUT2D eigenvalue weighted by Crippen LogP contribution is 2.33. The molecule has 0 spiro atoms. The molecule has 0 bridgehead atoms. The van der Waals surface area contributed by atoms with Gasteiger partial charge in [0, 0.05) is 37.5 Å². The van der Waals surface area contributed by atoms with E-state index >= 15 is 0 Å². The van der Waals surface area contributed by atoms with Crippen molar-refractivity contribution in [3.63, 3.8) is 0 Å². The number of benzene rings is 1. The average Bonchev–Trinajstić information content (AvgIpc) is 2.57. The molecule has 0 fully saturated rings. The van der Waals surface area contributed by atoms with E-state index in [4.69, 9.17) is 0 Å². The summed E-state index contributed by atoms with van der Waals surface area (Å²) >= 11 is 0. The summed E-state index contributed by atoms with van der Waals surface area (Å²) < 4.78 is 38.6. The zero-order chi connectivity index (χ0) is 19.2. The maximum Gasteiger partial charge on any atom is 0.419 e. The van der Waals surface area contributed by atoms with Gasteiger partial charge >= 0.3 is 6.18 Å². The Labute approximate surface area is 147 Å². The lowest BCUT2D eigenvalue weighted by atomic mass is 10.2. The maximum absolute atomic E-state index is 12.9. The van der Waals surface area contributed by atoms with Crippen molar-refractivity contribution in [2.45, 2.75) is 13.1 Å². The highest BCUT2D eigenvalue weighted by molar-refractivity contribution is 5.96. The van der Waals surface area contributed by atoms with Crippen molar-refractivity contribution in [3.8, 4) is 0 Å². The normalized spacial score (nSPS) is 10.9. The summed E-state index contributed by atoms with van der Waals surface area (Å²) in [5.41, 5.74) is -0.0639. The Morgan fingerprint density at radius 1 is 1.12 bits per heavy atom. The first-order valence-corrected chi connectivity index (χ1v) is 7.69. The van der Waals surface area contributed by atoms with Crippen LogP contribution < -0.4 is 16.0 Å². The third-order valence-electron chi connectivity index (χ3n) is 3.26. The summed E-state index contributed by atoms with van der Waals surface area (Å²) in [6, 6.07) is 8.46. The van der Waals surface area contributed by atoms with Crippen LogP contribution in [0.4, 0.5) is 24.7 Å². The first-order chi connectivity index (χ1) is 12.3. The van der Waals surface area contributed by atoms with E-state index in [-0.39, 0.29) is 24.8 Å². The second-order valence-corrected chi connectivity index (χ2v) is 5.34. The molecule has 1 heterocycles. The molecule has 3 N–H and O–H groups in total. The number of alkyl halides is 3. The predicted octanol–water partition coefficient (Wildman–Crippen LogP) is 2.90. The third-order valence-corrected chi connectivity index (χ3v) is 3.26. The number of amides is 2. The van der Waals surface area contributed by atoms with Crippen molar-refractivity contribution in [2.75, 3.05) is 23.7 Å². The quantitative estimate of drug-likeness (QED) is 0.687. The Kier molecular flexibility index (Phi) is 6.16. The standard InChI is InChI=1S/C17H17F3N4O2/c1-11(25)24-13-5-2-4-12(10-13)16(26)23-9-8-22-15-14(17(18,19)20)6-3-7-21-15/h2-7,10H,8-9H2,1H3,(H,21,22)(H,23,26)(H,24,25). The smallest absolute Gasteiger partial charge is 0.368 e. The Balaban J connectivity index is 1.89. The molecule has 0 saturated carbocycles. The van der Waals surface area contributed by atoms with Crippen LogP contribution in [0.2, 0.25) is 0 Å². The first-order valence-electron chi connectivity index (χ1n) is 7.69. The molecule has 1 aromatic heterocycles. The van der Waals surface area contributed by atoms with Gasteiger partial charge < -0.3 is 16.0 Å². The summed E-state index contributed by atoms with van der Waals surface area (Å²) in [7, 11) is 0. The number of anilines is 2. The van der Waals surface area contributed by atoms with Gasteiger partial charge in [-0.05, 0) is 30.3 Å². The largest absolute Gasteiger partial charge is 0.419 e. The van der Waals surface area contributed by atoms with E-state index in [0.29, 0.717) is 11.3 Å². The number of nitrogens with zero attached hydrogens (tertiary/aromatic N) is 1. The van der Waals surface area contributed by atoms with Crippen LogP contribution in [0.25, 0.3) is 0 Å². The lowest BCUT2D eigenvalue weighted by Crippen LogP contribution is -2.29. The van der Waals surface area contributed by atoms with Crippen molar-refractivity contribution in [1.29, 1.82) is 0 Å². The number of nitrogens with one attached hydrogen (secondary N) is 3. The van der Waals surface area contributed by atoms with E-state index in [0.717, 1.165) is 6.07 Å². The molecule has 2 amide bonds. The predicted molar refractivity (Wildman–Crippen MR) is 90.8 cm³/mol. The number of hydrogen-bond acceptors (Lipinski definition) is 4. The number of carbonyl (C=O) groups is 2. The van der Waals surface area contributed by atoms with E-state index in [1.807, 2.05) is 0 Å². The molecule has 0 unspecified atom stereocenters. The Hall–Kier alpha value is -3.10. The molecule has 26 heavy (non-hydrogen) atoms. The van der Waals surface area contributed by atoms with Gasteiger partial charge in [0.2, 0.25) is 5.91 Å². The van der Waals surface area contributed by atoms with Crippen LogP contribution in [0.3, 0.4) is 0 Å². The van der Waals surface area contributed by atoms with Crippen molar-refractivity contribution >= 4 is 23.3 Å². The topological polar surface area (TPSA) is 83.1 Å². The van der Waals surface area contributed by atoms with E-state index in [1.54, 1.807) is 18.2 Å². The summed E-state index contributed by atoms with van der Waals surface area (Å²) in [6.45, 7) is 1.51. The van der Waals surface area contributed by atoms with Gasteiger partial charge in [-0.1, -0.05) is 6.07 Å². The van der Waals surface area contributed by atoms with Crippen LogP contribution in [0, 0.1) is 0 Å². The SMILES string of the molecule is CC(=O)Nc1cccc(C(=O)NCCNc2ncccc2C(F)(F)F)c1. The van der Waals surface area contributed by atoms with E-state index in [2.05, 4.69) is 20.9 Å². The molecule has 0 aliphatic heterocycles. The van der Waals surface area contributed by atoms with E-state index < -0.39 is 17.6 Å². The molecule has 138 valence electrons. The van der Waals surface area contributed by atoms with Gasteiger partial charge in [0.05, 0.1) is 5.56 Å². The summed E-state index contributed by atoms with van der Waals surface area (Å²) in [5, 5.41) is 7.71. The third kappa shape index (κ3) is 5.47. The van der Waals surface area contributed by atoms with Crippen LogP contribution >= 0.6 is 0 Å². The summed E-state index contributed by atoms with van der Waals surface area (Å²) in [5.74, 6) is -0.958. The molecular formula is C17H17F3N4O2. The van der Waals surface area contributed by atoms with Crippen molar-refractivity contribution in [1.82, 2.24) is 10.3 Å². The molecule has 0 aliphatic carbocycles. The van der Waals surface area contributed by atoms with Crippen molar-refractivity contribution < 1.29 is 22.8 Å². The lowest BCUT2D eigenvalue weighted by molar-refractivity contribution is -0.137. The minimum Gasteiger partial charge on any atom is -0.368 e. The zero-order valence-electron chi connectivity index (χ0n) is 13.9. The highest BCUT2D eigenvalue weighted by atomic mass is 19.4. The molecule has 2 aromatic rings. The van der Waals surface area contributed by atoms with Gasteiger partial charge in [-0.3, -0.25) is 9.59 Å².